The predicted molar refractivity (Wildman–Crippen MR) is 128 cm³/mol. The molecule has 180 valence electrons. The normalized spacial score (nSPS) is 10.4. The van der Waals surface area contributed by atoms with Crippen LogP contribution in [0.25, 0.3) is 0 Å². The Morgan fingerprint density at radius 1 is 0.771 bits per heavy atom. The predicted octanol–water partition coefficient (Wildman–Crippen LogP) is 3.02. The van der Waals surface area contributed by atoms with Crippen LogP contribution in [0.2, 0.25) is 0 Å². The molecule has 0 spiro atoms. The van der Waals surface area contributed by atoms with E-state index in [4.69, 9.17) is 18.9 Å². The van der Waals surface area contributed by atoms with Gasteiger partial charge in [-0.15, -0.1) is 0 Å². The highest BCUT2D eigenvalue weighted by Crippen LogP contribution is 2.28. The molecule has 0 heterocycles. The SMILES string of the molecule is COc1ccc(C(=O)Oc2ccc(/C=N/NC(=O)C(=O)Nc3ccccc3OC)cc2OC)cc1. The van der Waals surface area contributed by atoms with Crippen LogP contribution in [0.1, 0.15) is 15.9 Å². The van der Waals surface area contributed by atoms with Gasteiger partial charge in [0.2, 0.25) is 0 Å². The standard InChI is InChI=1S/C25H23N3O7/c1-32-18-11-9-17(10-12-18)25(31)35-21-13-8-16(14-22(21)34-3)15-26-28-24(30)23(29)27-19-6-4-5-7-20(19)33-2/h4-15H,1-3H3,(H,27,29)(H,28,30)/b26-15+. The summed E-state index contributed by atoms with van der Waals surface area (Å²) in [7, 11) is 4.41. The lowest BCUT2D eigenvalue weighted by molar-refractivity contribution is -0.136. The summed E-state index contributed by atoms with van der Waals surface area (Å²) < 4.78 is 20.9. The number of benzene rings is 3. The van der Waals surface area contributed by atoms with Gasteiger partial charge in [-0.1, -0.05) is 12.1 Å². The fraction of sp³-hybridized carbons (Fsp3) is 0.120. The molecular weight excluding hydrogens is 454 g/mol. The molecular formula is C25H23N3O7. The summed E-state index contributed by atoms with van der Waals surface area (Å²) in [4.78, 5) is 36.5. The minimum atomic E-state index is -0.968. The molecule has 35 heavy (non-hydrogen) atoms. The smallest absolute Gasteiger partial charge is 0.343 e. The van der Waals surface area contributed by atoms with Crippen molar-refractivity contribution in [3.63, 3.8) is 0 Å². The van der Waals surface area contributed by atoms with Crippen LogP contribution in [-0.4, -0.2) is 45.3 Å². The number of para-hydroxylation sites is 2. The highest BCUT2D eigenvalue weighted by molar-refractivity contribution is 6.39. The molecule has 0 aliphatic carbocycles. The first-order valence-electron chi connectivity index (χ1n) is 10.3. The van der Waals surface area contributed by atoms with Gasteiger partial charge in [-0.05, 0) is 60.2 Å². The Kier molecular flexibility index (Phi) is 8.38. The monoisotopic (exact) mass is 477 g/mol. The second-order valence-corrected chi connectivity index (χ2v) is 6.88. The molecule has 3 rings (SSSR count). The van der Waals surface area contributed by atoms with E-state index in [9.17, 15) is 14.4 Å². The molecule has 0 saturated heterocycles. The maximum atomic E-state index is 12.4. The molecule has 0 radical (unpaired) electrons. The third-order valence-corrected chi connectivity index (χ3v) is 4.66. The number of nitrogens with one attached hydrogen (secondary N) is 2. The Balaban J connectivity index is 1.61. The maximum Gasteiger partial charge on any atom is 0.343 e. The summed E-state index contributed by atoms with van der Waals surface area (Å²) in [6, 6.07) is 17.8. The van der Waals surface area contributed by atoms with Gasteiger partial charge in [0.25, 0.3) is 0 Å². The topological polar surface area (TPSA) is 125 Å². The third-order valence-electron chi connectivity index (χ3n) is 4.66. The van der Waals surface area contributed by atoms with Gasteiger partial charge in [-0.25, -0.2) is 10.2 Å². The van der Waals surface area contributed by atoms with Crippen LogP contribution in [0.15, 0.2) is 71.8 Å². The van der Waals surface area contributed by atoms with E-state index in [0.29, 0.717) is 28.3 Å². The van der Waals surface area contributed by atoms with Gasteiger partial charge in [-0.2, -0.15) is 5.10 Å². The zero-order chi connectivity index (χ0) is 25.2. The van der Waals surface area contributed by atoms with Gasteiger partial charge in [-0.3, -0.25) is 9.59 Å². The number of hydrogen-bond donors (Lipinski definition) is 2. The molecule has 0 fully saturated rings. The molecule has 2 N–H and O–H groups in total. The Bertz CT molecular complexity index is 1240. The molecule has 0 unspecified atom stereocenters. The lowest BCUT2D eigenvalue weighted by atomic mass is 10.2. The molecule has 3 aromatic rings. The molecule has 0 bridgehead atoms. The van der Waals surface area contributed by atoms with E-state index in [1.807, 2.05) is 0 Å². The Hall–Kier alpha value is -4.86. The molecule has 0 atom stereocenters. The Morgan fingerprint density at radius 2 is 1.49 bits per heavy atom. The van der Waals surface area contributed by atoms with Gasteiger partial charge >= 0.3 is 17.8 Å². The number of carbonyl (C=O) groups is 3. The van der Waals surface area contributed by atoms with Crippen molar-refractivity contribution in [3.8, 4) is 23.0 Å². The summed E-state index contributed by atoms with van der Waals surface area (Å²) in [6.45, 7) is 0. The summed E-state index contributed by atoms with van der Waals surface area (Å²) in [5.74, 6) is -0.944. The van der Waals surface area contributed by atoms with Crippen molar-refractivity contribution in [2.45, 2.75) is 0 Å². The van der Waals surface area contributed by atoms with E-state index >= 15 is 0 Å². The van der Waals surface area contributed by atoms with Gasteiger partial charge in [0.05, 0.1) is 38.8 Å². The lowest BCUT2D eigenvalue weighted by Gasteiger charge is -2.10. The molecule has 0 aromatic heterocycles. The van der Waals surface area contributed by atoms with Crippen molar-refractivity contribution in [2.75, 3.05) is 26.6 Å². The summed E-state index contributed by atoms with van der Waals surface area (Å²) in [6.07, 6.45) is 1.31. The average molecular weight is 477 g/mol. The van der Waals surface area contributed by atoms with Crippen molar-refractivity contribution in [3.05, 3.63) is 77.9 Å². The van der Waals surface area contributed by atoms with Crippen LogP contribution in [0.4, 0.5) is 5.69 Å². The Morgan fingerprint density at radius 3 is 2.17 bits per heavy atom. The number of carbonyl (C=O) groups excluding carboxylic acids is 3. The molecule has 2 amide bonds. The van der Waals surface area contributed by atoms with E-state index in [0.717, 1.165) is 0 Å². The summed E-state index contributed by atoms with van der Waals surface area (Å²) in [5.41, 5.74) is 3.36. The zero-order valence-electron chi connectivity index (χ0n) is 19.2. The highest BCUT2D eigenvalue weighted by Gasteiger charge is 2.15. The van der Waals surface area contributed by atoms with E-state index < -0.39 is 17.8 Å². The third kappa shape index (κ3) is 6.57. The zero-order valence-corrected chi connectivity index (χ0v) is 19.2. The van der Waals surface area contributed by atoms with Gasteiger partial charge in [0, 0.05) is 0 Å². The van der Waals surface area contributed by atoms with Crippen molar-refractivity contribution in [1.82, 2.24) is 5.43 Å². The molecule has 0 aliphatic rings. The fourth-order valence-electron chi connectivity index (χ4n) is 2.88. The van der Waals surface area contributed by atoms with E-state index in [1.54, 1.807) is 60.7 Å². The van der Waals surface area contributed by atoms with E-state index in [1.165, 1.54) is 33.6 Å². The lowest BCUT2D eigenvalue weighted by Crippen LogP contribution is -2.32. The molecule has 0 saturated carbocycles. The van der Waals surface area contributed by atoms with Crippen LogP contribution < -0.4 is 29.7 Å². The van der Waals surface area contributed by atoms with Crippen molar-refractivity contribution in [2.24, 2.45) is 5.10 Å². The first kappa shape index (κ1) is 24.8. The number of rotatable bonds is 8. The molecule has 3 aromatic carbocycles. The van der Waals surface area contributed by atoms with Crippen molar-refractivity contribution >= 4 is 29.7 Å². The highest BCUT2D eigenvalue weighted by atomic mass is 16.6. The first-order valence-corrected chi connectivity index (χ1v) is 10.3. The van der Waals surface area contributed by atoms with Crippen LogP contribution in [0.3, 0.4) is 0 Å². The van der Waals surface area contributed by atoms with E-state index in [-0.39, 0.29) is 11.5 Å². The van der Waals surface area contributed by atoms with Crippen molar-refractivity contribution < 1.29 is 33.3 Å². The minimum absolute atomic E-state index is 0.200. The summed E-state index contributed by atoms with van der Waals surface area (Å²) in [5, 5.41) is 6.23. The second-order valence-electron chi connectivity index (χ2n) is 6.88. The number of ether oxygens (including phenoxy) is 4. The number of esters is 1. The average Bonchev–Trinajstić information content (AvgIpc) is 2.89. The van der Waals surface area contributed by atoms with Crippen LogP contribution in [0, 0.1) is 0 Å². The maximum absolute atomic E-state index is 12.4. The number of methoxy groups -OCH3 is 3. The second kappa shape index (κ2) is 11.8. The van der Waals surface area contributed by atoms with Gasteiger partial charge < -0.3 is 24.3 Å². The number of nitrogens with zero attached hydrogens (tertiary/aromatic N) is 1. The van der Waals surface area contributed by atoms with E-state index in [2.05, 4.69) is 15.8 Å². The van der Waals surface area contributed by atoms with Gasteiger partial charge in [0.1, 0.15) is 11.5 Å². The van der Waals surface area contributed by atoms with Crippen molar-refractivity contribution in [1.29, 1.82) is 0 Å². The number of anilines is 1. The number of hydrogen-bond acceptors (Lipinski definition) is 8. The molecule has 10 heteroatoms. The number of hydrazone groups is 1. The summed E-state index contributed by atoms with van der Waals surface area (Å²) >= 11 is 0. The first-order chi connectivity index (χ1) is 16.9. The van der Waals surface area contributed by atoms with Crippen LogP contribution in [-0.2, 0) is 9.59 Å². The molecule has 0 aliphatic heterocycles. The van der Waals surface area contributed by atoms with Gasteiger partial charge in [0.15, 0.2) is 11.5 Å². The van der Waals surface area contributed by atoms with Crippen LogP contribution in [0.5, 0.6) is 23.0 Å². The fourth-order valence-corrected chi connectivity index (χ4v) is 2.88. The number of amides is 2. The van der Waals surface area contributed by atoms with Crippen LogP contribution >= 0.6 is 0 Å². The Labute approximate surface area is 201 Å². The minimum Gasteiger partial charge on any atom is -0.497 e. The molecule has 10 nitrogen and oxygen atoms in total. The largest absolute Gasteiger partial charge is 0.497 e. The quantitative estimate of drug-likeness (QED) is 0.168.